The maximum atomic E-state index is 4.75. The highest BCUT2D eigenvalue weighted by atomic mass is 15.1. The minimum absolute atomic E-state index is 0.132. The van der Waals surface area contributed by atoms with Crippen LogP contribution in [0.1, 0.15) is 43.5 Å². The SMILES string of the molecule is Cc1nc2c(n1-c1ccccc1C(C)(C)C)CCNC2. The highest BCUT2D eigenvalue weighted by Crippen LogP contribution is 2.31. The van der Waals surface area contributed by atoms with Gasteiger partial charge in [-0.3, -0.25) is 0 Å². The second kappa shape index (κ2) is 4.74. The highest BCUT2D eigenvalue weighted by molar-refractivity contribution is 5.48. The van der Waals surface area contributed by atoms with E-state index in [-0.39, 0.29) is 5.41 Å². The largest absolute Gasteiger partial charge is 0.311 e. The maximum Gasteiger partial charge on any atom is 0.110 e. The molecule has 0 amide bonds. The first-order chi connectivity index (χ1) is 9.48. The van der Waals surface area contributed by atoms with Crippen molar-refractivity contribution in [2.45, 2.75) is 46.1 Å². The highest BCUT2D eigenvalue weighted by Gasteiger charge is 2.23. The van der Waals surface area contributed by atoms with Crippen LogP contribution in [0.25, 0.3) is 5.69 Å². The molecule has 1 N–H and O–H groups in total. The zero-order valence-corrected chi connectivity index (χ0v) is 12.8. The van der Waals surface area contributed by atoms with E-state index in [0.717, 1.165) is 25.3 Å². The number of rotatable bonds is 1. The number of benzene rings is 1. The Morgan fingerprint density at radius 2 is 1.95 bits per heavy atom. The van der Waals surface area contributed by atoms with Gasteiger partial charge in [0.2, 0.25) is 0 Å². The molecule has 1 aliphatic rings. The topological polar surface area (TPSA) is 29.9 Å². The van der Waals surface area contributed by atoms with E-state index in [0.29, 0.717) is 0 Å². The summed E-state index contributed by atoms with van der Waals surface area (Å²) in [6.07, 6.45) is 1.05. The molecule has 3 nitrogen and oxygen atoms in total. The lowest BCUT2D eigenvalue weighted by molar-refractivity contribution is 0.581. The molecule has 0 unspecified atom stereocenters. The van der Waals surface area contributed by atoms with Crippen molar-refractivity contribution in [2.75, 3.05) is 6.54 Å². The summed E-state index contributed by atoms with van der Waals surface area (Å²) in [5.74, 6) is 1.09. The van der Waals surface area contributed by atoms with E-state index in [1.807, 2.05) is 0 Å². The summed E-state index contributed by atoms with van der Waals surface area (Å²) < 4.78 is 2.36. The van der Waals surface area contributed by atoms with Gasteiger partial charge in [-0.1, -0.05) is 39.0 Å². The van der Waals surface area contributed by atoms with Gasteiger partial charge in [0, 0.05) is 25.2 Å². The van der Waals surface area contributed by atoms with Crippen molar-refractivity contribution in [3.05, 3.63) is 47.0 Å². The average Bonchev–Trinajstić information content (AvgIpc) is 2.73. The van der Waals surface area contributed by atoms with Gasteiger partial charge in [0.15, 0.2) is 0 Å². The van der Waals surface area contributed by atoms with Crippen molar-refractivity contribution < 1.29 is 0 Å². The van der Waals surface area contributed by atoms with Gasteiger partial charge in [-0.15, -0.1) is 0 Å². The fourth-order valence-corrected chi connectivity index (χ4v) is 3.07. The lowest BCUT2D eigenvalue weighted by Gasteiger charge is -2.25. The summed E-state index contributed by atoms with van der Waals surface area (Å²) in [7, 11) is 0. The number of fused-ring (bicyclic) bond motifs is 1. The molecule has 20 heavy (non-hydrogen) atoms. The number of nitrogens with zero attached hydrogens (tertiary/aromatic N) is 2. The predicted molar refractivity (Wildman–Crippen MR) is 82.4 cm³/mol. The second-order valence-electron chi connectivity index (χ2n) is 6.58. The number of hydrogen-bond donors (Lipinski definition) is 1. The van der Waals surface area contributed by atoms with Crippen LogP contribution < -0.4 is 5.32 Å². The lowest BCUT2D eigenvalue weighted by Crippen LogP contribution is -2.25. The molecule has 106 valence electrons. The third-order valence-electron chi connectivity index (χ3n) is 4.01. The Bertz CT molecular complexity index is 632. The number of para-hydroxylation sites is 1. The molecule has 1 aromatic heterocycles. The predicted octanol–water partition coefficient (Wildman–Crippen LogP) is 3.12. The first-order valence-electron chi connectivity index (χ1n) is 7.36. The maximum absolute atomic E-state index is 4.75. The van der Waals surface area contributed by atoms with Crippen LogP contribution >= 0.6 is 0 Å². The van der Waals surface area contributed by atoms with Gasteiger partial charge < -0.3 is 9.88 Å². The van der Waals surface area contributed by atoms with Crippen molar-refractivity contribution in [3.8, 4) is 5.69 Å². The van der Waals surface area contributed by atoms with Crippen molar-refractivity contribution in [1.82, 2.24) is 14.9 Å². The minimum atomic E-state index is 0.132. The normalized spacial score (nSPS) is 15.2. The molecule has 1 aromatic carbocycles. The Morgan fingerprint density at radius 1 is 1.20 bits per heavy atom. The molecular weight excluding hydrogens is 246 g/mol. The zero-order chi connectivity index (χ0) is 14.3. The Morgan fingerprint density at radius 3 is 2.70 bits per heavy atom. The summed E-state index contributed by atoms with van der Waals surface area (Å²) in [5.41, 5.74) is 5.37. The van der Waals surface area contributed by atoms with Crippen LogP contribution in [0.4, 0.5) is 0 Å². The van der Waals surface area contributed by atoms with Gasteiger partial charge in [0.25, 0.3) is 0 Å². The van der Waals surface area contributed by atoms with Crippen molar-refractivity contribution in [1.29, 1.82) is 0 Å². The molecule has 2 heterocycles. The van der Waals surface area contributed by atoms with Crippen LogP contribution in [0.5, 0.6) is 0 Å². The van der Waals surface area contributed by atoms with E-state index in [9.17, 15) is 0 Å². The standard InChI is InChI=1S/C17H23N3/c1-12-19-14-11-18-10-9-16(14)20(12)15-8-6-5-7-13(15)17(2,3)4/h5-8,18H,9-11H2,1-4H3. The van der Waals surface area contributed by atoms with Crippen LogP contribution in [0, 0.1) is 6.92 Å². The van der Waals surface area contributed by atoms with Gasteiger partial charge >= 0.3 is 0 Å². The number of nitrogens with one attached hydrogen (secondary N) is 1. The van der Waals surface area contributed by atoms with Crippen LogP contribution in [0.15, 0.2) is 24.3 Å². The van der Waals surface area contributed by atoms with Crippen LogP contribution in [0.3, 0.4) is 0 Å². The molecule has 0 atom stereocenters. The number of aromatic nitrogens is 2. The third-order valence-corrected chi connectivity index (χ3v) is 4.01. The Hall–Kier alpha value is -1.61. The first kappa shape index (κ1) is 13.4. The van der Waals surface area contributed by atoms with E-state index in [4.69, 9.17) is 4.98 Å². The fraction of sp³-hybridized carbons (Fsp3) is 0.471. The third kappa shape index (κ3) is 2.16. The Labute approximate surface area is 121 Å². The monoisotopic (exact) mass is 269 g/mol. The molecule has 0 saturated heterocycles. The fourth-order valence-electron chi connectivity index (χ4n) is 3.07. The lowest BCUT2D eigenvalue weighted by atomic mass is 9.85. The van der Waals surface area contributed by atoms with Gasteiger partial charge in [0.05, 0.1) is 11.4 Å². The molecule has 0 fully saturated rings. The van der Waals surface area contributed by atoms with Crippen LogP contribution in [0.2, 0.25) is 0 Å². The zero-order valence-electron chi connectivity index (χ0n) is 12.8. The quantitative estimate of drug-likeness (QED) is 0.862. The van der Waals surface area contributed by atoms with E-state index in [2.05, 4.69) is 61.8 Å². The van der Waals surface area contributed by atoms with E-state index < -0.39 is 0 Å². The van der Waals surface area contributed by atoms with Crippen molar-refractivity contribution >= 4 is 0 Å². The number of imidazole rings is 1. The molecule has 0 aliphatic carbocycles. The summed E-state index contributed by atoms with van der Waals surface area (Å²) in [4.78, 5) is 4.75. The molecule has 0 radical (unpaired) electrons. The number of hydrogen-bond acceptors (Lipinski definition) is 2. The summed E-state index contributed by atoms with van der Waals surface area (Å²) in [6, 6.07) is 8.71. The summed E-state index contributed by atoms with van der Waals surface area (Å²) >= 11 is 0. The average molecular weight is 269 g/mol. The van der Waals surface area contributed by atoms with Crippen molar-refractivity contribution in [3.63, 3.8) is 0 Å². The molecular formula is C17H23N3. The molecule has 0 bridgehead atoms. The molecule has 3 heteroatoms. The first-order valence-corrected chi connectivity index (χ1v) is 7.36. The molecule has 2 aromatic rings. The van der Waals surface area contributed by atoms with Gasteiger partial charge in [0.1, 0.15) is 5.82 Å². The van der Waals surface area contributed by atoms with E-state index >= 15 is 0 Å². The Kier molecular flexibility index (Phi) is 3.17. The molecule has 3 rings (SSSR count). The second-order valence-corrected chi connectivity index (χ2v) is 6.58. The van der Waals surface area contributed by atoms with Crippen molar-refractivity contribution in [2.24, 2.45) is 0 Å². The number of aryl methyl sites for hydroxylation is 1. The molecule has 1 aliphatic heterocycles. The van der Waals surface area contributed by atoms with E-state index in [1.54, 1.807) is 0 Å². The molecule has 0 spiro atoms. The van der Waals surface area contributed by atoms with Gasteiger partial charge in [-0.25, -0.2) is 4.98 Å². The Balaban J connectivity index is 2.22. The summed E-state index contributed by atoms with van der Waals surface area (Å²) in [5, 5.41) is 3.40. The summed E-state index contributed by atoms with van der Waals surface area (Å²) in [6.45, 7) is 10.8. The molecule has 0 saturated carbocycles. The van der Waals surface area contributed by atoms with Crippen LogP contribution in [-0.4, -0.2) is 16.1 Å². The van der Waals surface area contributed by atoms with Gasteiger partial charge in [-0.05, 0) is 24.0 Å². The van der Waals surface area contributed by atoms with Crippen LogP contribution in [-0.2, 0) is 18.4 Å². The smallest absolute Gasteiger partial charge is 0.110 e. The van der Waals surface area contributed by atoms with Gasteiger partial charge in [-0.2, -0.15) is 0 Å². The van der Waals surface area contributed by atoms with E-state index in [1.165, 1.54) is 22.6 Å². The minimum Gasteiger partial charge on any atom is -0.311 e.